The molecule has 0 aliphatic rings. The second-order valence-electron chi connectivity index (χ2n) is 3.29. The van der Waals surface area contributed by atoms with Gasteiger partial charge in [-0.05, 0) is 25.1 Å². The van der Waals surface area contributed by atoms with Crippen molar-refractivity contribution in [2.75, 3.05) is 5.73 Å². The van der Waals surface area contributed by atoms with Crippen LogP contribution in [0.2, 0.25) is 5.02 Å². The molecule has 0 bridgehead atoms. The van der Waals surface area contributed by atoms with Crippen LogP contribution in [-0.4, -0.2) is 5.78 Å². The van der Waals surface area contributed by atoms with E-state index in [1.807, 2.05) is 6.92 Å². The number of halogens is 1. The van der Waals surface area contributed by atoms with E-state index in [1.165, 1.54) is 0 Å². The first-order valence-corrected chi connectivity index (χ1v) is 4.61. The SMILES string of the molecule is C=C(C)CC(=O)c1ccc(N)c(Cl)c1. The molecular weight excluding hydrogens is 198 g/mol. The van der Waals surface area contributed by atoms with Crippen LogP contribution in [-0.2, 0) is 0 Å². The zero-order valence-electron chi connectivity index (χ0n) is 8.01. The number of allylic oxidation sites excluding steroid dienone is 1. The van der Waals surface area contributed by atoms with E-state index in [4.69, 9.17) is 17.3 Å². The van der Waals surface area contributed by atoms with Gasteiger partial charge in [-0.25, -0.2) is 0 Å². The number of carbonyl (C=O) groups excluding carboxylic acids is 1. The minimum atomic E-state index is 0.0133. The van der Waals surface area contributed by atoms with Crippen LogP contribution < -0.4 is 5.73 Å². The first-order valence-electron chi connectivity index (χ1n) is 4.23. The van der Waals surface area contributed by atoms with Gasteiger partial charge in [0.25, 0.3) is 0 Å². The highest BCUT2D eigenvalue weighted by atomic mass is 35.5. The Morgan fingerprint density at radius 1 is 1.57 bits per heavy atom. The summed E-state index contributed by atoms with van der Waals surface area (Å²) in [5.74, 6) is 0.0133. The second-order valence-corrected chi connectivity index (χ2v) is 3.70. The quantitative estimate of drug-likeness (QED) is 0.472. The third-order valence-electron chi connectivity index (χ3n) is 1.78. The van der Waals surface area contributed by atoms with E-state index in [0.717, 1.165) is 5.57 Å². The fourth-order valence-corrected chi connectivity index (χ4v) is 1.26. The van der Waals surface area contributed by atoms with Gasteiger partial charge in [-0.3, -0.25) is 4.79 Å². The summed E-state index contributed by atoms with van der Waals surface area (Å²) >= 11 is 5.79. The average molecular weight is 210 g/mol. The molecule has 0 saturated carbocycles. The highest BCUT2D eigenvalue weighted by molar-refractivity contribution is 6.33. The zero-order chi connectivity index (χ0) is 10.7. The van der Waals surface area contributed by atoms with Crippen molar-refractivity contribution in [3.63, 3.8) is 0 Å². The fourth-order valence-electron chi connectivity index (χ4n) is 1.08. The minimum Gasteiger partial charge on any atom is -0.398 e. The van der Waals surface area contributed by atoms with Crippen molar-refractivity contribution in [1.29, 1.82) is 0 Å². The molecule has 0 atom stereocenters. The predicted octanol–water partition coefficient (Wildman–Crippen LogP) is 3.07. The number of Topliss-reactive ketones (excluding diaryl/α,β-unsaturated/α-hetero) is 1. The van der Waals surface area contributed by atoms with Crippen molar-refractivity contribution < 1.29 is 4.79 Å². The van der Waals surface area contributed by atoms with Crippen LogP contribution in [0.1, 0.15) is 23.7 Å². The summed E-state index contributed by atoms with van der Waals surface area (Å²) in [6, 6.07) is 4.89. The van der Waals surface area contributed by atoms with E-state index in [0.29, 0.717) is 22.7 Å². The Hall–Kier alpha value is -1.28. The number of rotatable bonds is 3. The number of nitrogen functional groups attached to an aromatic ring is 1. The molecule has 1 rings (SSSR count). The highest BCUT2D eigenvalue weighted by Crippen LogP contribution is 2.20. The molecule has 0 aromatic heterocycles. The van der Waals surface area contributed by atoms with Crippen LogP contribution in [0, 0.1) is 0 Å². The van der Waals surface area contributed by atoms with E-state index >= 15 is 0 Å². The van der Waals surface area contributed by atoms with Gasteiger partial charge < -0.3 is 5.73 Å². The molecule has 14 heavy (non-hydrogen) atoms. The first-order chi connectivity index (χ1) is 6.50. The number of anilines is 1. The molecule has 0 heterocycles. The Morgan fingerprint density at radius 2 is 2.21 bits per heavy atom. The van der Waals surface area contributed by atoms with Crippen LogP contribution in [0.15, 0.2) is 30.4 Å². The summed E-state index contributed by atoms with van der Waals surface area (Å²) in [5, 5.41) is 0.414. The smallest absolute Gasteiger partial charge is 0.166 e. The molecule has 3 heteroatoms. The van der Waals surface area contributed by atoms with Crippen molar-refractivity contribution >= 4 is 23.1 Å². The molecule has 2 nitrogen and oxygen atoms in total. The van der Waals surface area contributed by atoms with Crippen LogP contribution >= 0.6 is 11.6 Å². The Kier molecular flexibility index (Phi) is 3.31. The maximum atomic E-state index is 11.6. The molecule has 0 aliphatic heterocycles. The fraction of sp³-hybridized carbons (Fsp3) is 0.182. The molecule has 0 aliphatic carbocycles. The summed E-state index contributed by atoms with van der Waals surface area (Å²) in [4.78, 5) is 11.6. The Labute approximate surface area is 88.4 Å². The van der Waals surface area contributed by atoms with Gasteiger partial charge in [0.15, 0.2) is 5.78 Å². The van der Waals surface area contributed by atoms with Gasteiger partial charge in [-0.2, -0.15) is 0 Å². The lowest BCUT2D eigenvalue weighted by atomic mass is 10.0. The maximum absolute atomic E-state index is 11.6. The van der Waals surface area contributed by atoms with Crippen LogP contribution in [0.5, 0.6) is 0 Å². The van der Waals surface area contributed by atoms with Crippen molar-refractivity contribution in [2.24, 2.45) is 0 Å². The highest BCUT2D eigenvalue weighted by Gasteiger charge is 2.07. The van der Waals surface area contributed by atoms with E-state index in [-0.39, 0.29) is 5.78 Å². The molecule has 0 radical (unpaired) electrons. The molecule has 0 amide bonds. The molecular formula is C11H12ClNO. The Morgan fingerprint density at radius 3 is 2.71 bits per heavy atom. The lowest BCUT2D eigenvalue weighted by Gasteiger charge is -2.02. The van der Waals surface area contributed by atoms with Gasteiger partial charge >= 0.3 is 0 Å². The van der Waals surface area contributed by atoms with Gasteiger partial charge in [0, 0.05) is 12.0 Å². The summed E-state index contributed by atoms with van der Waals surface area (Å²) in [5.41, 5.74) is 7.43. The number of benzene rings is 1. The molecule has 2 N–H and O–H groups in total. The van der Waals surface area contributed by atoms with Gasteiger partial charge in [0.05, 0.1) is 10.7 Å². The van der Waals surface area contributed by atoms with Gasteiger partial charge in [-0.1, -0.05) is 23.8 Å². The molecule has 74 valence electrons. The minimum absolute atomic E-state index is 0.0133. The van der Waals surface area contributed by atoms with E-state index in [2.05, 4.69) is 6.58 Å². The molecule has 0 unspecified atom stereocenters. The Balaban J connectivity index is 2.91. The van der Waals surface area contributed by atoms with Crippen LogP contribution in [0.3, 0.4) is 0 Å². The van der Waals surface area contributed by atoms with Crippen molar-refractivity contribution in [3.8, 4) is 0 Å². The van der Waals surface area contributed by atoms with Crippen LogP contribution in [0.4, 0.5) is 5.69 Å². The molecule has 0 spiro atoms. The second kappa shape index (κ2) is 4.29. The lowest BCUT2D eigenvalue weighted by molar-refractivity contribution is 0.0993. The van der Waals surface area contributed by atoms with Gasteiger partial charge in [0.1, 0.15) is 0 Å². The van der Waals surface area contributed by atoms with Crippen molar-refractivity contribution in [2.45, 2.75) is 13.3 Å². The van der Waals surface area contributed by atoms with E-state index in [9.17, 15) is 4.79 Å². The molecule has 0 fully saturated rings. The van der Waals surface area contributed by atoms with Gasteiger partial charge in [0.2, 0.25) is 0 Å². The van der Waals surface area contributed by atoms with Gasteiger partial charge in [-0.15, -0.1) is 0 Å². The summed E-state index contributed by atoms with van der Waals surface area (Å²) < 4.78 is 0. The zero-order valence-corrected chi connectivity index (χ0v) is 8.77. The molecule has 1 aromatic rings. The van der Waals surface area contributed by atoms with Crippen molar-refractivity contribution in [3.05, 3.63) is 40.9 Å². The van der Waals surface area contributed by atoms with E-state index < -0.39 is 0 Å². The standard InChI is InChI=1S/C11H12ClNO/c1-7(2)5-11(14)8-3-4-10(13)9(12)6-8/h3-4,6H,1,5,13H2,2H3. The summed E-state index contributed by atoms with van der Waals surface area (Å²) in [6.07, 6.45) is 0.347. The third kappa shape index (κ3) is 2.60. The van der Waals surface area contributed by atoms with Crippen molar-refractivity contribution in [1.82, 2.24) is 0 Å². The normalized spacial score (nSPS) is 9.86. The molecule has 1 aromatic carbocycles. The number of nitrogens with two attached hydrogens (primary N) is 1. The maximum Gasteiger partial charge on any atom is 0.166 e. The molecule has 0 saturated heterocycles. The Bertz CT molecular complexity index is 385. The topological polar surface area (TPSA) is 43.1 Å². The van der Waals surface area contributed by atoms with Crippen LogP contribution in [0.25, 0.3) is 0 Å². The van der Waals surface area contributed by atoms with E-state index in [1.54, 1.807) is 18.2 Å². The monoisotopic (exact) mass is 209 g/mol. The summed E-state index contributed by atoms with van der Waals surface area (Å²) in [6.45, 7) is 5.50. The number of ketones is 1. The lowest BCUT2D eigenvalue weighted by Crippen LogP contribution is -2.00. The largest absolute Gasteiger partial charge is 0.398 e. The first kappa shape index (κ1) is 10.8. The third-order valence-corrected chi connectivity index (χ3v) is 2.11. The number of carbonyl (C=O) groups is 1. The summed E-state index contributed by atoms with van der Waals surface area (Å²) in [7, 11) is 0. The predicted molar refractivity (Wildman–Crippen MR) is 59.6 cm³/mol. The average Bonchev–Trinajstić information content (AvgIpc) is 2.08. The number of hydrogen-bond acceptors (Lipinski definition) is 2. The number of hydrogen-bond donors (Lipinski definition) is 1.